The molecule has 2 atom stereocenters. The van der Waals surface area contributed by atoms with Crippen molar-refractivity contribution >= 4 is 5.97 Å². The van der Waals surface area contributed by atoms with Crippen LogP contribution in [0.2, 0.25) is 0 Å². The molecule has 4 heteroatoms. The van der Waals surface area contributed by atoms with Crippen LogP contribution in [-0.4, -0.2) is 49.2 Å². The minimum atomic E-state index is -0.446. The third-order valence-electron chi connectivity index (χ3n) is 4.86. The standard InChI is InChI=1S/C14H26N2O2/c1-4-18-13(17)14(15-2)9-8-12(10-14)16(3)11-6-5-7-11/h11-12,15H,4-10H2,1-3H3. The first-order valence-corrected chi connectivity index (χ1v) is 7.21. The van der Waals surface area contributed by atoms with Crippen LogP contribution in [0.1, 0.15) is 45.4 Å². The summed E-state index contributed by atoms with van der Waals surface area (Å²) in [5.41, 5.74) is -0.446. The first-order valence-electron chi connectivity index (χ1n) is 7.21. The van der Waals surface area contributed by atoms with Crippen molar-refractivity contribution in [3.05, 3.63) is 0 Å². The normalized spacial score (nSPS) is 32.6. The van der Waals surface area contributed by atoms with Gasteiger partial charge in [-0.15, -0.1) is 0 Å². The smallest absolute Gasteiger partial charge is 0.326 e. The Morgan fingerprint density at radius 3 is 2.61 bits per heavy atom. The molecule has 0 radical (unpaired) electrons. The zero-order valence-corrected chi connectivity index (χ0v) is 11.9. The summed E-state index contributed by atoms with van der Waals surface area (Å²) < 4.78 is 5.23. The van der Waals surface area contributed by atoms with E-state index in [0.29, 0.717) is 12.6 Å². The van der Waals surface area contributed by atoms with Crippen molar-refractivity contribution in [1.29, 1.82) is 0 Å². The van der Waals surface area contributed by atoms with Gasteiger partial charge in [0.1, 0.15) is 5.54 Å². The number of nitrogens with one attached hydrogen (secondary N) is 1. The fourth-order valence-electron chi connectivity index (χ4n) is 3.24. The van der Waals surface area contributed by atoms with Crippen molar-refractivity contribution in [2.75, 3.05) is 20.7 Å². The van der Waals surface area contributed by atoms with Crippen LogP contribution in [0.4, 0.5) is 0 Å². The van der Waals surface area contributed by atoms with Crippen LogP contribution in [0.3, 0.4) is 0 Å². The summed E-state index contributed by atoms with van der Waals surface area (Å²) in [6.07, 6.45) is 6.86. The molecule has 0 bridgehead atoms. The molecule has 2 rings (SSSR count). The summed E-state index contributed by atoms with van der Waals surface area (Å²) in [5.74, 6) is -0.0722. The second kappa shape index (κ2) is 5.57. The summed E-state index contributed by atoms with van der Waals surface area (Å²) in [5, 5.41) is 3.22. The first-order chi connectivity index (χ1) is 8.63. The first kappa shape index (κ1) is 13.8. The van der Waals surface area contributed by atoms with Crippen LogP contribution in [0.5, 0.6) is 0 Å². The van der Waals surface area contributed by atoms with E-state index < -0.39 is 5.54 Å². The Bertz CT molecular complexity index is 304. The number of carbonyl (C=O) groups is 1. The Morgan fingerprint density at radius 2 is 2.11 bits per heavy atom. The fourth-order valence-corrected chi connectivity index (χ4v) is 3.24. The van der Waals surface area contributed by atoms with E-state index in [9.17, 15) is 4.79 Å². The van der Waals surface area contributed by atoms with Crippen LogP contribution in [0.15, 0.2) is 0 Å². The monoisotopic (exact) mass is 254 g/mol. The van der Waals surface area contributed by atoms with Crippen molar-refractivity contribution in [2.24, 2.45) is 0 Å². The number of esters is 1. The van der Waals surface area contributed by atoms with E-state index in [2.05, 4.69) is 17.3 Å². The van der Waals surface area contributed by atoms with E-state index >= 15 is 0 Å². The summed E-state index contributed by atoms with van der Waals surface area (Å²) in [4.78, 5) is 14.6. The second-order valence-corrected chi connectivity index (χ2v) is 5.70. The SMILES string of the molecule is CCOC(=O)C1(NC)CCC(N(C)C2CCC2)C1. The molecule has 0 heterocycles. The molecular formula is C14H26N2O2. The molecule has 0 aromatic heterocycles. The van der Waals surface area contributed by atoms with Crippen molar-refractivity contribution < 1.29 is 9.53 Å². The van der Waals surface area contributed by atoms with E-state index in [1.54, 1.807) is 0 Å². The van der Waals surface area contributed by atoms with Gasteiger partial charge in [-0.2, -0.15) is 0 Å². The van der Waals surface area contributed by atoms with E-state index in [-0.39, 0.29) is 5.97 Å². The van der Waals surface area contributed by atoms with Crippen LogP contribution in [-0.2, 0) is 9.53 Å². The van der Waals surface area contributed by atoms with Gasteiger partial charge in [-0.05, 0) is 53.1 Å². The molecule has 2 fully saturated rings. The van der Waals surface area contributed by atoms with Gasteiger partial charge < -0.3 is 15.0 Å². The molecule has 18 heavy (non-hydrogen) atoms. The Morgan fingerprint density at radius 1 is 1.39 bits per heavy atom. The highest BCUT2D eigenvalue weighted by Crippen LogP contribution is 2.37. The predicted octanol–water partition coefficient (Wildman–Crippen LogP) is 1.54. The van der Waals surface area contributed by atoms with E-state index in [1.165, 1.54) is 19.3 Å². The summed E-state index contributed by atoms with van der Waals surface area (Å²) >= 11 is 0. The van der Waals surface area contributed by atoms with Gasteiger partial charge in [0.2, 0.25) is 0 Å². The quantitative estimate of drug-likeness (QED) is 0.756. The lowest BCUT2D eigenvalue weighted by atomic mass is 9.90. The maximum absolute atomic E-state index is 12.1. The maximum atomic E-state index is 12.1. The van der Waals surface area contributed by atoms with Crippen LogP contribution in [0, 0.1) is 0 Å². The zero-order chi connectivity index (χ0) is 13.2. The Hall–Kier alpha value is -0.610. The fraction of sp³-hybridized carbons (Fsp3) is 0.929. The van der Waals surface area contributed by atoms with Crippen molar-refractivity contribution in [2.45, 2.75) is 63.1 Å². The number of hydrogen-bond donors (Lipinski definition) is 1. The number of hydrogen-bond acceptors (Lipinski definition) is 4. The average Bonchev–Trinajstić information content (AvgIpc) is 2.72. The highest BCUT2D eigenvalue weighted by molar-refractivity contribution is 5.81. The third kappa shape index (κ3) is 2.41. The summed E-state index contributed by atoms with van der Waals surface area (Å²) in [7, 11) is 4.09. The number of ether oxygens (including phenoxy) is 1. The lowest BCUT2D eigenvalue weighted by Gasteiger charge is -2.39. The lowest BCUT2D eigenvalue weighted by Crippen LogP contribution is -2.51. The van der Waals surface area contributed by atoms with Crippen molar-refractivity contribution in [1.82, 2.24) is 10.2 Å². The predicted molar refractivity (Wildman–Crippen MR) is 71.5 cm³/mol. The molecule has 4 nitrogen and oxygen atoms in total. The molecule has 104 valence electrons. The van der Waals surface area contributed by atoms with Gasteiger partial charge in [0, 0.05) is 12.1 Å². The molecule has 0 aliphatic heterocycles. The molecule has 0 amide bonds. The van der Waals surface area contributed by atoms with Gasteiger partial charge in [-0.1, -0.05) is 6.42 Å². The van der Waals surface area contributed by atoms with Gasteiger partial charge in [0.25, 0.3) is 0 Å². The lowest BCUT2D eigenvalue weighted by molar-refractivity contribution is -0.151. The minimum Gasteiger partial charge on any atom is -0.465 e. The second-order valence-electron chi connectivity index (χ2n) is 5.70. The van der Waals surface area contributed by atoms with Gasteiger partial charge in [-0.3, -0.25) is 4.79 Å². The van der Waals surface area contributed by atoms with Crippen LogP contribution < -0.4 is 5.32 Å². The Kier molecular flexibility index (Phi) is 4.28. The van der Waals surface area contributed by atoms with Gasteiger partial charge in [0.15, 0.2) is 0 Å². The van der Waals surface area contributed by atoms with Gasteiger partial charge >= 0.3 is 5.97 Å². The molecule has 0 saturated heterocycles. The Labute approximate surface area is 110 Å². The largest absolute Gasteiger partial charge is 0.465 e. The average molecular weight is 254 g/mol. The number of rotatable bonds is 5. The highest BCUT2D eigenvalue weighted by Gasteiger charge is 2.47. The van der Waals surface area contributed by atoms with Crippen molar-refractivity contribution in [3.63, 3.8) is 0 Å². The van der Waals surface area contributed by atoms with E-state index in [4.69, 9.17) is 4.74 Å². The third-order valence-corrected chi connectivity index (χ3v) is 4.86. The van der Waals surface area contributed by atoms with Gasteiger partial charge in [-0.25, -0.2) is 0 Å². The molecule has 2 aliphatic carbocycles. The van der Waals surface area contributed by atoms with Gasteiger partial charge in [0.05, 0.1) is 6.61 Å². The molecule has 0 aromatic rings. The molecule has 0 spiro atoms. The zero-order valence-electron chi connectivity index (χ0n) is 11.9. The van der Waals surface area contributed by atoms with Crippen LogP contribution in [0.25, 0.3) is 0 Å². The molecule has 2 unspecified atom stereocenters. The summed E-state index contributed by atoms with van der Waals surface area (Å²) in [6.45, 7) is 2.33. The van der Waals surface area contributed by atoms with Crippen LogP contribution >= 0.6 is 0 Å². The molecular weight excluding hydrogens is 228 g/mol. The Balaban J connectivity index is 1.97. The molecule has 1 N–H and O–H groups in total. The number of nitrogens with zero attached hydrogens (tertiary/aromatic N) is 1. The molecule has 2 aliphatic rings. The molecule has 0 aromatic carbocycles. The highest BCUT2D eigenvalue weighted by atomic mass is 16.5. The minimum absolute atomic E-state index is 0.0722. The number of likely N-dealkylation sites (N-methyl/N-ethyl adjacent to an activating group) is 1. The van der Waals surface area contributed by atoms with E-state index in [1.807, 2.05) is 14.0 Å². The topological polar surface area (TPSA) is 41.6 Å². The summed E-state index contributed by atoms with van der Waals surface area (Å²) in [6, 6.07) is 1.26. The van der Waals surface area contributed by atoms with Crippen molar-refractivity contribution in [3.8, 4) is 0 Å². The maximum Gasteiger partial charge on any atom is 0.326 e. The number of carbonyl (C=O) groups excluding carboxylic acids is 1. The van der Waals surface area contributed by atoms with E-state index in [0.717, 1.165) is 25.3 Å². The molecule has 2 saturated carbocycles.